The predicted octanol–water partition coefficient (Wildman–Crippen LogP) is 3.65. The van der Waals surface area contributed by atoms with E-state index in [0.29, 0.717) is 18.7 Å². The summed E-state index contributed by atoms with van der Waals surface area (Å²) in [5.74, 6) is -0.357. The quantitative estimate of drug-likeness (QED) is 0.789. The van der Waals surface area contributed by atoms with Crippen LogP contribution in [0.5, 0.6) is 0 Å². The van der Waals surface area contributed by atoms with Gasteiger partial charge < -0.3 is 14.9 Å². The van der Waals surface area contributed by atoms with Crippen molar-refractivity contribution in [2.24, 2.45) is 0 Å². The first-order valence-electron chi connectivity index (χ1n) is 9.13. The highest BCUT2D eigenvalue weighted by Gasteiger charge is 2.09. The molecular formula is C20H34N2O4. The zero-order valence-corrected chi connectivity index (χ0v) is 16.9. The topological polar surface area (TPSA) is 84.6 Å². The molecule has 148 valence electrons. The van der Waals surface area contributed by atoms with Gasteiger partial charge >= 0.3 is 5.97 Å². The number of hydrogen-bond acceptors (Lipinski definition) is 5. The Morgan fingerprint density at radius 3 is 2.00 bits per heavy atom. The van der Waals surface area contributed by atoms with Gasteiger partial charge in [0.2, 0.25) is 0 Å². The van der Waals surface area contributed by atoms with Gasteiger partial charge in [0.25, 0.3) is 0 Å². The molecule has 1 aromatic heterocycles. The zero-order chi connectivity index (χ0) is 20.4. The summed E-state index contributed by atoms with van der Waals surface area (Å²) >= 11 is 0. The number of esters is 1. The first-order valence-corrected chi connectivity index (χ1v) is 9.13. The van der Waals surface area contributed by atoms with Crippen LogP contribution in [0, 0.1) is 0 Å². The maximum atomic E-state index is 11.5. The first kappa shape index (κ1) is 26.1. The van der Waals surface area contributed by atoms with Crippen molar-refractivity contribution in [3.63, 3.8) is 0 Å². The molecule has 0 aliphatic carbocycles. The van der Waals surface area contributed by atoms with Crippen LogP contribution in [0.25, 0.3) is 0 Å². The van der Waals surface area contributed by atoms with Crippen molar-refractivity contribution in [1.82, 2.24) is 9.78 Å². The summed E-state index contributed by atoms with van der Waals surface area (Å²) in [7, 11) is 0. The van der Waals surface area contributed by atoms with Gasteiger partial charge in [0.15, 0.2) is 0 Å². The summed E-state index contributed by atoms with van der Waals surface area (Å²) < 4.78 is 6.58. The average Bonchev–Trinajstić information content (AvgIpc) is 3.15. The van der Waals surface area contributed by atoms with E-state index in [2.05, 4.69) is 5.10 Å². The molecule has 0 bridgehead atoms. The van der Waals surface area contributed by atoms with Crippen LogP contribution >= 0.6 is 0 Å². The minimum Gasteiger partial charge on any atom is -0.462 e. The van der Waals surface area contributed by atoms with Gasteiger partial charge in [-0.1, -0.05) is 52.0 Å². The van der Waals surface area contributed by atoms with Gasteiger partial charge in [0, 0.05) is 12.8 Å². The number of hydrogen-bond donors (Lipinski definition) is 2. The van der Waals surface area contributed by atoms with E-state index in [1.807, 2.05) is 52.0 Å². The van der Waals surface area contributed by atoms with Gasteiger partial charge in [-0.3, -0.25) is 4.68 Å². The summed E-state index contributed by atoms with van der Waals surface area (Å²) in [6, 6.07) is 7.59. The van der Waals surface area contributed by atoms with E-state index in [1.54, 1.807) is 24.7 Å². The molecule has 0 amide bonds. The summed E-state index contributed by atoms with van der Waals surface area (Å²) in [4.78, 5) is 11.5. The Morgan fingerprint density at radius 2 is 1.54 bits per heavy atom. The molecule has 0 aliphatic rings. The largest absolute Gasteiger partial charge is 0.462 e. The number of benzene rings is 1. The maximum absolute atomic E-state index is 11.5. The second kappa shape index (κ2) is 17.6. The highest BCUT2D eigenvalue weighted by molar-refractivity contribution is 5.88. The van der Waals surface area contributed by atoms with E-state index >= 15 is 0 Å². The Kier molecular flexibility index (Phi) is 17.7. The molecule has 0 saturated heterocycles. The van der Waals surface area contributed by atoms with Crippen LogP contribution in [0.2, 0.25) is 0 Å². The van der Waals surface area contributed by atoms with Gasteiger partial charge in [-0.05, 0) is 25.0 Å². The average molecular weight is 367 g/mol. The monoisotopic (exact) mass is 366 g/mol. The second-order valence-electron chi connectivity index (χ2n) is 4.44. The summed E-state index contributed by atoms with van der Waals surface area (Å²) in [6.07, 6.45) is 3.16. The Morgan fingerprint density at radius 1 is 1.04 bits per heavy atom. The fourth-order valence-electron chi connectivity index (χ4n) is 1.71. The van der Waals surface area contributed by atoms with Crippen LogP contribution in [0.15, 0.2) is 36.7 Å². The molecular weight excluding hydrogens is 332 g/mol. The SMILES string of the molecule is CC.CC.CCO.CCOC(=O)c1cnn(Cc2ccc(CO)cc2)c1. The maximum Gasteiger partial charge on any atom is 0.341 e. The van der Waals surface area contributed by atoms with E-state index in [0.717, 1.165) is 11.1 Å². The van der Waals surface area contributed by atoms with E-state index < -0.39 is 0 Å². The van der Waals surface area contributed by atoms with Crippen LogP contribution in [-0.2, 0) is 17.9 Å². The smallest absolute Gasteiger partial charge is 0.341 e. The van der Waals surface area contributed by atoms with Crippen molar-refractivity contribution in [1.29, 1.82) is 0 Å². The van der Waals surface area contributed by atoms with Gasteiger partial charge in [-0.2, -0.15) is 5.10 Å². The van der Waals surface area contributed by atoms with E-state index in [1.165, 1.54) is 6.20 Å². The molecule has 0 radical (unpaired) electrons. The second-order valence-corrected chi connectivity index (χ2v) is 4.44. The van der Waals surface area contributed by atoms with Gasteiger partial charge in [0.1, 0.15) is 0 Å². The lowest BCUT2D eigenvalue weighted by Gasteiger charge is -2.03. The molecule has 0 aliphatic heterocycles. The Balaban J connectivity index is 0. The standard InChI is InChI=1S/C14H16N2O3.C2H6O.2C2H6/c1-2-19-14(18)13-7-15-16(9-13)8-11-3-5-12(10-17)6-4-11;1-2-3;2*1-2/h3-7,9,17H,2,8,10H2,1H3;3H,2H2,1H3;2*1-2H3. The lowest BCUT2D eigenvalue weighted by molar-refractivity contribution is 0.0526. The number of aliphatic hydroxyl groups is 2. The molecule has 6 heteroatoms. The lowest BCUT2D eigenvalue weighted by atomic mass is 10.1. The van der Waals surface area contributed by atoms with E-state index in [-0.39, 0.29) is 19.2 Å². The number of aromatic nitrogens is 2. The minimum atomic E-state index is -0.357. The summed E-state index contributed by atoms with van der Waals surface area (Å²) in [5.41, 5.74) is 2.38. The molecule has 26 heavy (non-hydrogen) atoms. The third-order valence-electron chi connectivity index (χ3n) is 2.69. The fraction of sp³-hybridized carbons (Fsp3) is 0.500. The number of carbonyl (C=O) groups is 1. The summed E-state index contributed by atoms with van der Waals surface area (Å²) in [6.45, 7) is 12.7. The fourth-order valence-corrected chi connectivity index (χ4v) is 1.71. The molecule has 1 heterocycles. The molecule has 0 fully saturated rings. The Hall–Kier alpha value is -2.18. The van der Waals surface area contributed by atoms with Crippen molar-refractivity contribution in [3.05, 3.63) is 53.3 Å². The van der Waals surface area contributed by atoms with Crippen molar-refractivity contribution in [2.45, 2.75) is 54.7 Å². The van der Waals surface area contributed by atoms with Crippen LogP contribution in [0.4, 0.5) is 0 Å². The van der Waals surface area contributed by atoms with Crippen LogP contribution in [0.1, 0.15) is 63.0 Å². The van der Waals surface area contributed by atoms with Crippen molar-refractivity contribution >= 4 is 5.97 Å². The van der Waals surface area contributed by atoms with Gasteiger partial charge in [-0.15, -0.1) is 0 Å². The molecule has 0 atom stereocenters. The molecule has 6 nitrogen and oxygen atoms in total. The highest BCUT2D eigenvalue weighted by Crippen LogP contribution is 2.07. The molecule has 2 N–H and O–H groups in total. The predicted molar refractivity (Wildman–Crippen MR) is 105 cm³/mol. The molecule has 2 rings (SSSR count). The van der Waals surface area contributed by atoms with Crippen LogP contribution in [-0.4, -0.2) is 39.2 Å². The molecule has 1 aromatic carbocycles. The number of nitrogens with zero attached hydrogens (tertiary/aromatic N) is 2. The number of aliphatic hydroxyl groups excluding tert-OH is 2. The van der Waals surface area contributed by atoms with Gasteiger partial charge in [-0.25, -0.2) is 4.79 Å². The highest BCUT2D eigenvalue weighted by atomic mass is 16.5. The van der Waals surface area contributed by atoms with Crippen LogP contribution in [0.3, 0.4) is 0 Å². The first-order chi connectivity index (χ1) is 12.6. The van der Waals surface area contributed by atoms with Crippen LogP contribution < -0.4 is 0 Å². The molecule has 0 unspecified atom stereocenters. The third-order valence-corrected chi connectivity index (χ3v) is 2.69. The normalized spacial score (nSPS) is 8.77. The number of rotatable bonds is 5. The molecule has 0 spiro atoms. The zero-order valence-electron chi connectivity index (χ0n) is 16.9. The van der Waals surface area contributed by atoms with Crippen molar-refractivity contribution < 1.29 is 19.7 Å². The number of ether oxygens (including phenoxy) is 1. The minimum absolute atomic E-state index is 0.0368. The van der Waals surface area contributed by atoms with Crippen molar-refractivity contribution in [2.75, 3.05) is 13.2 Å². The van der Waals surface area contributed by atoms with Gasteiger partial charge in [0.05, 0.1) is 31.5 Å². The Labute approximate surface area is 157 Å². The molecule has 2 aromatic rings. The van der Waals surface area contributed by atoms with E-state index in [4.69, 9.17) is 14.9 Å². The lowest BCUT2D eigenvalue weighted by Crippen LogP contribution is -2.04. The molecule has 0 saturated carbocycles. The van der Waals surface area contributed by atoms with E-state index in [9.17, 15) is 4.79 Å². The summed E-state index contributed by atoms with van der Waals surface area (Å²) in [5, 5.41) is 20.7. The van der Waals surface area contributed by atoms with Crippen molar-refractivity contribution in [3.8, 4) is 0 Å². The third kappa shape index (κ3) is 10.6. The Bertz CT molecular complexity index is 565. The number of carbonyl (C=O) groups excluding carboxylic acids is 1.